The van der Waals surface area contributed by atoms with E-state index in [1.54, 1.807) is 12.1 Å². The zero-order valence-corrected chi connectivity index (χ0v) is 17.6. The lowest BCUT2D eigenvalue weighted by Gasteiger charge is -2.36. The van der Waals surface area contributed by atoms with Gasteiger partial charge in [0, 0.05) is 30.5 Å². The van der Waals surface area contributed by atoms with Crippen molar-refractivity contribution in [1.82, 2.24) is 10.2 Å². The van der Waals surface area contributed by atoms with Gasteiger partial charge in [0.15, 0.2) is 0 Å². The second-order valence-corrected chi connectivity index (χ2v) is 9.08. The number of likely N-dealkylation sites (tertiary alicyclic amines) is 1. The Bertz CT molecular complexity index is 854. The number of hydrogen-bond donors (Lipinski definition) is 3. The van der Waals surface area contributed by atoms with Crippen LogP contribution in [0.3, 0.4) is 0 Å². The van der Waals surface area contributed by atoms with Gasteiger partial charge in [-0.25, -0.2) is 0 Å². The molecule has 1 aromatic carbocycles. The Kier molecular flexibility index (Phi) is 6.22. The first kappa shape index (κ1) is 21.0. The lowest BCUT2D eigenvalue weighted by atomic mass is 9.91. The van der Waals surface area contributed by atoms with Crippen molar-refractivity contribution in [2.24, 2.45) is 11.3 Å². The zero-order chi connectivity index (χ0) is 20.5. The van der Waals surface area contributed by atoms with Crippen LogP contribution in [-0.2, 0) is 0 Å². The molecule has 1 aliphatic rings. The Balaban J connectivity index is 1.59. The number of amides is 1. The van der Waals surface area contributed by atoms with Gasteiger partial charge in [-0.2, -0.15) is 0 Å². The Morgan fingerprint density at radius 3 is 2.71 bits per heavy atom. The minimum Gasteiger partial charge on any atom is -0.460 e. The minimum atomic E-state index is -0.190. The van der Waals surface area contributed by atoms with Crippen LogP contribution in [0.25, 0.3) is 11.0 Å². The molecular weight excluding hydrogens is 378 g/mol. The van der Waals surface area contributed by atoms with E-state index < -0.39 is 0 Å². The molecule has 0 aliphatic carbocycles. The molecule has 2 aromatic rings. The molecule has 0 unspecified atom stereocenters. The molecule has 1 aromatic heterocycles. The Hall–Kier alpha value is -1.76. The SMILES string of the molecule is Cc1cc2c(N)c(Cl)cc(C(=O)NCC3CCN(CC(C)(C)CO)CC3)c2o1. The molecule has 7 heteroatoms. The largest absolute Gasteiger partial charge is 0.460 e. The number of nitrogens with zero attached hydrogens (tertiary/aromatic N) is 1. The van der Waals surface area contributed by atoms with Crippen LogP contribution in [0.15, 0.2) is 16.5 Å². The number of carbonyl (C=O) groups excluding carboxylic acids is 1. The second-order valence-electron chi connectivity index (χ2n) is 8.67. The summed E-state index contributed by atoms with van der Waals surface area (Å²) in [6.45, 7) is 9.65. The Morgan fingerprint density at radius 1 is 1.39 bits per heavy atom. The monoisotopic (exact) mass is 407 g/mol. The number of aliphatic hydroxyl groups excluding tert-OH is 1. The van der Waals surface area contributed by atoms with E-state index in [0.29, 0.717) is 45.5 Å². The van der Waals surface area contributed by atoms with Crippen LogP contribution in [0, 0.1) is 18.3 Å². The van der Waals surface area contributed by atoms with Crippen LogP contribution in [0.2, 0.25) is 5.02 Å². The average molecular weight is 408 g/mol. The quantitative estimate of drug-likeness (QED) is 0.638. The molecule has 4 N–H and O–H groups in total. The van der Waals surface area contributed by atoms with E-state index in [-0.39, 0.29) is 17.9 Å². The summed E-state index contributed by atoms with van der Waals surface area (Å²) in [5.74, 6) is 0.941. The molecule has 0 spiro atoms. The molecule has 6 nitrogen and oxygen atoms in total. The fourth-order valence-corrected chi connectivity index (χ4v) is 4.03. The van der Waals surface area contributed by atoms with Gasteiger partial charge in [0.1, 0.15) is 11.3 Å². The highest BCUT2D eigenvalue weighted by molar-refractivity contribution is 6.35. The maximum absolute atomic E-state index is 12.8. The predicted octanol–water partition coefficient (Wildman–Crippen LogP) is 3.44. The fourth-order valence-electron chi connectivity index (χ4n) is 3.82. The number of piperidine rings is 1. The van der Waals surface area contributed by atoms with Crippen LogP contribution in [0.4, 0.5) is 5.69 Å². The summed E-state index contributed by atoms with van der Waals surface area (Å²) in [7, 11) is 0. The maximum atomic E-state index is 12.8. The first-order valence-corrected chi connectivity index (χ1v) is 10.2. The second kappa shape index (κ2) is 8.31. The van der Waals surface area contributed by atoms with Gasteiger partial charge in [-0.05, 0) is 50.9 Å². The standard InChI is InChI=1S/C21H30ClN3O3/c1-13-8-15-18(23)17(22)9-16(19(15)28-13)20(27)24-10-14-4-6-25(7-5-14)11-21(2,3)12-26/h8-9,14,26H,4-7,10-12,23H2,1-3H3,(H,24,27). The van der Waals surface area contributed by atoms with Crippen molar-refractivity contribution in [1.29, 1.82) is 0 Å². The van der Waals surface area contributed by atoms with Gasteiger partial charge in [-0.3, -0.25) is 4.79 Å². The van der Waals surface area contributed by atoms with Crippen LogP contribution in [0.1, 0.15) is 42.8 Å². The number of nitrogens with one attached hydrogen (secondary N) is 1. The first-order chi connectivity index (χ1) is 13.2. The van der Waals surface area contributed by atoms with Gasteiger partial charge in [-0.1, -0.05) is 25.4 Å². The van der Waals surface area contributed by atoms with E-state index in [1.165, 1.54) is 0 Å². The Labute approximate surface area is 171 Å². The Morgan fingerprint density at radius 2 is 2.07 bits per heavy atom. The normalized spacial score (nSPS) is 16.6. The molecule has 154 valence electrons. The highest BCUT2D eigenvalue weighted by Crippen LogP contribution is 2.34. The van der Waals surface area contributed by atoms with Gasteiger partial charge in [0.05, 0.1) is 16.3 Å². The van der Waals surface area contributed by atoms with Crippen molar-refractivity contribution >= 4 is 34.2 Å². The van der Waals surface area contributed by atoms with Crippen LogP contribution >= 0.6 is 11.6 Å². The van der Waals surface area contributed by atoms with Gasteiger partial charge >= 0.3 is 0 Å². The summed E-state index contributed by atoms with van der Waals surface area (Å²) in [5, 5.41) is 13.5. The zero-order valence-electron chi connectivity index (χ0n) is 16.8. The number of aliphatic hydroxyl groups is 1. The number of anilines is 1. The van der Waals surface area contributed by atoms with Crippen LogP contribution in [0.5, 0.6) is 0 Å². The molecule has 28 heavy (non-hydrogen) atoms. The molecule has 0 radical (unpaired) electrons. The van der Waals surface area contributed by atoms with E-state index in [2.05, 4.69) is 24.1 Å². The third kappa shape index (κ3) is 4.62. The molecule has 1 aliphatic heterocycles. The van der Waals surface area contributed by atoms with E-state index in [0.717, 1.165) is 32.5 Å². The molecule has 0 bridgehead atoms. The number of hydrogen-bond acceptors (Lipinski definition) is 5. The fraction of sp³-hybridized carbons (Fsp3) is 0.571. The van der Waals surface area contributed by atoms with Crippen molar-refractivity contribution in [3.8, 4) is 0 Å². The van der Waals surface area contributed by atoms with Crippen molar-refractivity contribution in [3.05, 3.63) is 28.5 Å². The average Bonchev–Trinajstić information content (AvgIpc) is 3.05. The van der Waals surface area contributed by atoms with Gasteiger partial charge in [0.25, 0.3) is 5.91 Å². The van der Waals surface area contributed by atoms with Crippen LogP contribution < -0.4 is 11.1 Å². The highest BCUT2D eigenvalue weighted by atomic mass is 35.5. The molecule has 3 rings (SSSR count). The predicted molar refractivity (Wildman–Crippen MR) is 113 cm³/mol. The molecule has 1 saturated heterocycles. The molecule has 1 fully saturated rings. The van der Waals surface area contributed by atoms with Gasteiger partial charge < -0.3 is 25.5 Å². The number of nitrogens with two attached hydrogens (primary N) is 1. The topological polar surface area (TPSA) is 91.7 Å². The summed E-state index contributed by atoms with van der Waals surface area (Å²) < 4.78 is 5.69. The summed E-state index contributed by atoms with van der Waals surface area (Å²) in [6.07, 6.45) is 2.05. The lowest BCUT2D eigenvalue weighted by molar-refractivity contribution is 0.0791. The number of nitrogen functional groups attached to an aromatic ring is 1. The van der Waals surface area contributed by atoms with Crippen molar-refractivity contribution in [2.75, 3.05) is 38.5 Å². The highest BCUT2D eigenvalue weighted by Gasteiger charge is 2.26. The molecule has 2 heterocycles. The summed E-state index contributed by atoms with van der Waals surface area (Å²) in [6, 6.07) is 3.38. The molecule has 0 atom stereocenters. The number of halogens is 1. The van der Waals surface area contributed by atoms with E-state index in [9.17, 15) is 9.90 Å². The maximum Gasteiger partial charge on any atom is 0.255 e. The first-order valence-electron chi connectivity index (χ1n) is 9.80. The summed E-state index contributed by atoms with van der Waals surface area (Å²) >= 11 is 6.21. The van der Waals surface area contributed by atoms with Gasteiger partial charge in [0.2, 0.25) is 0 Å². The molecular formula is C21H30ClN3O3. The summed E-state index contributed by atoms with van der Waals surface area (Å²) in [5.41, 5.74) is 7.27. The number of aryl methyl sites for hydroxylation is 1. The van der Waals surface area contributed by atoms with Crippen molar-refractivity contribution in [3.63, 3.8) is 0 Å². The van der Waals surface area contributed by atoms with Gasteiger partial charge in [-0.15, -0.1) is 0 Å². The smallest absolute Gasteiger partial charge is 0.255 e. The molecule has 1 amide bonds. The van der Waals surface area contributed by atoms with Crippen molar-refractivity contribution in [2.45, 2.75) is 33.6 Å². The van der Waals surface area contributed by atoms with E-state index in [4.69, 9.17) is 21.8 Å². The molecule has 0 saturated carbocycles. The van der Waals surface area contributed by atoms with Crippen LogP contribution in [-0.4, -0.2) is 48.7 Å². The van der Waals surface area contributed by atoms with E-state index in [1.807, 2.05) is 6.92 Å². The van der Waals surface area contributed by atoms with E-state index >= 15 is 0 Å². The number of rotatable bonds is 6. The third-order valence-corrected chi connectivity index (χ3v) is 5.81. The summed E-state index contributed by atoms with van der Waals surface area (Å²) in [4.78, 5) is 15.1. The minimum absolute atomic E-state index is 0.0813. The third-order valence-electron chi connectivity index (χ3n) is 5.50. The number of carbonyl (C=O) groups is 1. The lowest BCUT2D eigenvalue weighted by Crippen LogP contribution is -2.43. The number of furan rings is 1. The van der Waals surface area contributed by atoms with Crippen molar-refractivity contribution < 1.29 is 14.3 Å². The number of benzene rings is 1. The number of fused-ring (bicyclic) bond motifs is 1.